The van der Waals surface area contributed by atoms with Crippen molar-refractivity contribution in [3.05, 3.63) is 29.1 Å². The van der Waals surface area contributed by atoms with Gasteiger partial charge in [-0.3, -0.25) is 0 Å². The molecule has 1 aromatic carbocycles. The second-order valence-electron chi connectivity index (χ2n) is 5.67. The number of sulfonamides is 1. The number of nitrogens with zero attached hydrogens (tertiary/aromatic N) is 1. The highest BCUT2D eigenvalue weighted by molar-refractivity contribution is 7.89. The van der Waals surface area contributed by atoms with Crippen molar-refractivity contribution < 1.29 is 12.8 Å². The number of halogens is 1. The quantitative estimate of drug-likeness (QED) is 0.841. The largest absolute Gasteiger partial charge is 0.313 e. The average Bonchev–Trinajstić information content (AvgIpc) is 2.39. The molecule has 0 aliphatic rings. The molecule has 4 nitrogen and oxygen atoms in total. The maximum absolute atomic E-state index is 14.1. The van der Waals surface area contributed by atoms with Crippen LogP contribution in [0.25, 0.3) is 0 Å². The van der Waals surface area contributed by atoms with Crippen LogP contribution in [0.15, 0.2) is 17.0 Å². The molecule has 1 rings (SSSR count). The van der Waals surface area contributed by atoms with Gasteiger partial charge < -0.3 is 5.32 Å². The van der Waals surface area contributed by atoms with E-state index in [2.05, 4.69) is 5.32 Å². The van der Waals surface area contributed by atoms with Crippen LogP contribution in [0.3, 0.4) is 0 Å². The van der Waals surface area contributed by atoms with Crippen molar-refractivity contribution >= 4 is 10.0 Å². The molecule has 0 bridgehead atoms. The Labute approximate surface area is 127 Å². The van der Waals surface area contributed by atoms with Crippen LogP contribution < -0.4 is 5.32 Å². The Bertz CT molecular complexity index is 586. The van der Waals surface area contributed by atoms with E-state index in [1.807, 2.05) is 20.8 Å². The summed E-state index contributed by atoms with van der Waals surface area (Å²) in [6, 6.07) is 2.83. The molecule has 1 aromatic rings. The van der Waals surface area contributed by atoms with E-state index in [0.717, 1.165) is 0 Å². The first-order valence-electron chi connectivity index (χ1n) is 7.16. The Morgan fingerprint density at radius 3 is 2.48 bits per heavy atom. The molecule has 0 aliphatic carbocycles. The topological polar surface area (TPSA) is 49.4 Å². The van der Waals surface area contributed by atoms with Gasteiger partial charge in [-0.1, -0.05) is 20.8 Å². The summed E-state index contributed by atoms with van der Waals surface area (Å²) < 4.78 is 40.5. The van der Waals surface area contributed by atoms with Gasteiger partial charge in [0.25, 0.3) is 0 Å². The first kappa shape index (κ1) is 18.1. The van der Waals surface area contributed by atoms with E-state index in [-0.39, 0.29) is 16.6 Å². The van der Waals surface area contributed by atoms with E-state index >= 15 is 0 Å². The van der Waals surface area contributed by atoms with Crippen LogP contribution in [0.2, 0.25) is 0 Å². The van der Waals surface area contributed by atoms with Gasteiger partial charge in [-0.25, -0.2) is 17.1 Å². The highest BCUT2D eigenvalue weighted by Crippen LogP contribution is 2.22. The molecule has 6 heteroatoms. The molecule has 0 atom stereocenters. The van der Waals surface area contributed by atoms with E-state index in [0.29, 0.717) is 30.8 Å². The predicted molar refractivity (Wildman–Crippen MR) is 83.2 cm³/mol. The fraction of sp³-hybridized carbons (Fsp3) is 0.600. The van der Waals surface area contributed by atoms with Gasteiger partial charge in [-0.2, -0.15) is 0 Å². The van der Waals surface area contributed by atoms with Crippen LogP contribution in [0.1, 0.15) is 31.9 Å². The van der Waals surface area contributed by atoms with Gasteiger partial charge in [0.1, 0.15) is 5.82 Å². The Morgan fingerprint density at radius 1 is 1.33 bits per heavy atom. The number of hydrogen-bond donors (Lipinski definition) is 1. The van der Waals surface area contributed by atoms with Crippen molar-refractivity contribution in [2.24, 2.45) is 5.92 Å². The van der Waals surface area contributed by atoms with Crippen molar-refractivity contribution in [1.29, 1.82) is 0 Å². The van der Waals surface area contributed by atoms with Crippen molar-refractivity contribution in [1.82, 2.24) is 9.62 Å². The molecule has 0 aromatic heterocycles. The summed E-state index contributed by atoms with van der Waals surface area (Å²) in [6.07, 6.45) is 0. The van der Waals surface area contributed by atoms with Crippen LogP contribution >= 0.6 is 0 Å². The number of aryl methyl sites for hydroxylation is 1. The second kappa shape index (κ2) is 7.33. The molecule has 0 heterocycles. The monoisotopic (exact) mass is 316 g/mol. The maximum atomic E-state index is 14.1. The molecular weight excluding hydrogens is 291 g/mol. The van der Waals surface area contributed by atoms with Crippen LogP contribution in [0.4, 0.5) is 4.39 Å². The van der Waals surface area contributed by atoms with Gasteiger partial charge in [-0.05, 0) is 37.1 Å². The van der Waals surface area contributed by atoms with Gasteiger partial charge >= 0.3 is 0 Å². The third kappa shape index (κ3) is 4.49. The summed E-state index contributed by atoms with van der Waals surface area (Å²) in [7, 11) is -2.03. The maximum Gasteiger partial charge on any atom is 0.242 e. The van der Waals surface area contributed by atoms with E-state index in [1.54, 1.807) is 14.0 Å². The highest BCUT2D eigenvalue weighted by Gasteiger charge is 2.23. The lowest BCUT2D eigenvalue weighted by atomic mass is 10.1. The van der Waals surface area contributed by atoms with Gasteiger partial charge in [0.05, 0.1) is 4.90 Å². The molecule has 1 N–H and O–H groups in total. The number of hydrogen-bond acceptors (Lipinski definition) is 3. The van der Waals surface area contributed by atoms with E-state index < -0.39 is 10.0 Å². The zero-order valence-corrected chi connectivity index (χ0v) is 14.2. The molecule has 0 saturated carbocycles. The molecule has 0 saturated heterocycles. The minimum absolute atomic E-state index is 0.150. The average molecular weight is 316 g/mol. The highest BCUT2D eigenvalue weighted by atomic mass is 32.2. The third-order valence-corrected chi connectivity index (χ3v) is 5.00. The number of rotatable bonds is 7. The summed E-state index contributed by atoms with van der Waals surface area (Å²) in [5.41, 5.74) is 0.732. The minimum atomic E-state index is -3.58. The second-order valence-corrected chi connectivity index (χ2v) is 7.72. The van der Waals surface area contributed by atoms with Crippen molar-refractivity contribution in [2.75, 3.05) is 20.1 Å². The van der Waals surface area contributed by atoms with Crippen LogP contribution in [0.5, 0.6) is 0 Å². The third-order valence-electron chi connectivity index (χ3n) is 3.20. The van der Waals surface area contributed by atoms with E-state index in [9.17, 15) is 12.8 Å². The van der Waals surface area contributed by atoms with Gasteiger partial charge in [-0.15, -0.1) is 0 Å². The van der Waals surface area contributed by atoms with Crippen LogP contribution in [-0.4, -0.2) is 32.9 Å². The Balaban J connectivity index is 3.20. The fourth-order valence-corrected chi connectivity index (χ4v) is 3.61. The van der Waals surface area contributed by atoms with Gasteiger partial charge in [0.15, 0.2) is 0 Å². The van der Waals surface area contributed by atoms with Crippen molar-refractivity contribution in [3.8, 4) is 0 Å². The summed E-state index contributed by atoms with van der Waals surface area (Å²) in [6.45, 7) is 8.87. The fourth-order valence-electron chi connectivity index (χ4n) is 2.14. The minimum Gasteiger partial charge on any atom is -0.313 e. The molecule has 120 valence electrons. The molecule has 0 radical (unpaired) electrons. The summed E-state index contributed by atoms with van der Waals surface area (Å²) in [5, 5.41) is 3.02. The molecule has 0 unspecified atom stereocenters. The van der Waals surface area contributed by atoms with Gasteiger partial charge in [0, 0.05) is 25.7 Å². The molecule has 21 heavy (non-hydrogen) atoms. The Kier molecular flexibility index (Phi) is 6.31. The molecular formula is C15H25FN2O2S. The molecule has 0 fully saturated rings. The Hall–Kier alpha value is -0.980. The zero-order valence-electron chi connectivity index (χ0n) is 13.4. The molecule has 0 aliphatic heterocycles. The summed E-state index contributed by atoms with van der Waals surface area (Å²) in [5.74, 6) is -0.117. The standard InChI is InChI=1S/C15H25FN2O2S/c1-6-17-9-13-8-14(7-12(4)15(13)16)21(19,20)18(5)10-11(2)3/h7-8,11,17H,6,9-10H2,1-5H3. The van der Waals surface area contributed by atoms with Crippen molar-refractivity contribution in [2.45, 2.75) is 39.1 Å². The first-order valence-corrected chi connectivity index (χ1v) is 8.60. The first-order chi connectivity index (χ1) is 9.70. The van der Waals surface area contributed by atoms with Crippen LogP contribution in [-0.2, 0) is 16.6 Å². The lowest BCUT2D eigenvalue weighted by Crippen LogP contribution is -2.30. The SMILES string of the molecule is CCNCc1cc(S(=O)(=O)N(C)CC(C)C)cc(C)c1F. The summed E-state index contributed by atoms with van der Waals surface area (Å²) in [4.78, 5) is 0.150. The number of benzene rings is 1. The van der Waals surface area contributed by atoms with Crippen LogP contribution in [0, 0.1) is 18.7 Å². The normalized spacial score (nSPS) is 12.4. The van der Waals surface area contributed by atoms with Crippen molar-refractivity contribution in [3.63, 3.8) is 0 Å². The lowest BCUT2D eigenvalue weighted by molar-refractivity contribution is 0.417. The summed E-state index contributed by atoms with van der Waals surface area (Å²) >= 11 is 0. The van der Waals surface area contributed by atoms with E-state index in [1.165, 1.54) is 16.4 Å². The zero-order chi connectivity index (χ0) is 16.2. The smallest absolute Gasteiger partial charge is 0.242 e. The lowest BCUT2D eigenvalue weighted by Gasteiger charge is -2.20. The molecule has 0 spiro atoms. The Morgan fingerprint density at radius 2 is 1.95 bits per heavy atom. The van der Waals surface area contributed by atoms with E-state index in [4.69, 9.17) is 0 Å². The predicted octanol–water partition coefficient (Wildman–Crippen LogP) is 2.52. The van der Waals surface area contributed by atoms with Gasteiger partial charge in [0.2, 0.25) is 10.0 Å². The molecule has 0 amide bonds. The number of nitrogens with one attached hydrogen (secondary N) is 1.